The Labute approximate surface area is 113 Å². The molecule has 0 aliphatic carbocycles. The third-order valence-corrected chi connectivity index (χ3v) is 5.01. The molecule has 0 aromatic rings. The molecule has 0 fully saturated rings. The van der Waals surface area contributed by atoms with Crippen LogP contribution in [-0.2, 0) is 4.79 Å². The van der Waals surface area contributed by atoms with E-state index in [0.717, 1.165) is 31.7 Å². The molecule has 16 heavy (non-hydrogen) atoms. The molecule has 0 saturated carbocycles. The first-order chi connectivity index (χ1) is 7.56. The lowest BCUT2D eigenvalue weighted by Gasteiger charge is -2.06. The number of hydrogen-bond acceptors (Lipinski definition) is 1. The summed E-state index contributed by atoms with van der Waals surface area (Å²) in [5.74, 6) is 1.79. The molecule has 0 bridgehead atoms. The SMILES string of the molecule is O=C=CCCCCCCCCC[Si](Cl)(Cl)Cl. The fourth-order valence-electron chi connectivity index (χ4n) is 1.51. The second-order valence-electron chi connectivity index (χ2n) is 3.95. The average molecular weight is 302 g/mol. The zero-order valence-corrected chi connectivity index (χ0v) is 12.8. The van der Waals surface area contributed by atoms with Crippen molar-refractivity contribution in [1.29, 1.82) is 0 Å². The van der Waals surface area contributed by atoms with Gasteiger partial charge < -0.3 is 0 Å². The molecule has 0 amide bonds. The Kier molecular flexibility index (Phi) is 11.0. The van der Waals surface area contributed by atoms with Gasteiger partial charge in [-0.05, 0) is 25.0 Å². The molecule has 0 atom stereocenters. The van der Waals surface area contributed by atoms with Crippen LogP contribution in [0.3, 0.4) is 0 Å². The second kappa shape index (κ2) is 10.7. The molecule has 0 aliphatic heterocycles. The van der Waals surface area contributed by atoms with Gasteiger partial charge in [-0.3, -0.25) is 0 Å². The van der Waals surface area contributed by atoms with Crippen LogP contribution in [0.4, 0.5) is 0 Å². The maximum atomic E-state index is 9.88. The molecule has 1 nitrogen and oxygen atoms in total. The molecule has 0 aliphatic rings. The van der Waals surface area contributed by atoms with Crippen LogP contribution in [0.2, 0.25) is 6.04 Å². The van der Waals surface area contributed by atoms with Gasteiger partial charge in [0.2, 0.25) is 0 Å². The first kappa shape index (κ1) is 16.5. The van der Waals surface area contributed by atoms with E-state index in [0.29, 0.717) is 0 Å². The number of allylic oxidation sites excluding steroid dienone is 1. The Morgan fingerprint density at radius 3 is 1.88 bits per heavy atom. The van der Waals surface area contributed by atoms with Crippen LogP contribution in [0.25, 0.3) is 0 Å². The van der Waals surface area contributed by atoms with Gasteiger partial charge >= 0.3 is 6.00 Å². The highest BCUT2D eigenvalue weighted by molar-refractivity contribution is 7.64. The van der Waals surface area contributed by atoms with Crippen LogP contribution in [0, 0.1) is 0 Å². The number of unbranched alkanes of at least 4 members (excludes halogenated alkanes) is 7. The van der Waals surface area contributed by atoms with Gasteiger partial charge in [0.15, 0.2) is 0 Å². The van der Waals surface area contributed by atoms with Crippen molar-refractivity contribution >= 4 is 45.2 Å². The summed E-state index contributed by atoms with van der Waals surface area (Å²) in [6, 6.07) is -1.59. The molecule has 0 spiro atoms. The normalized spacial score (nSPS) is 11.2. The third kappa shape index (κ3) is 14.5. The van der Waals surface area contributed by atoms with E-state index in [1.165, 1.54) is 25.7 Å². The molecular formula is C11H19Cl3OSi. The Bertz CT molecular complexity index is 210. The van der Waals surface area contributed by atoms with E-state index < -0.39 is 6.00 Å². The standard InChI is InChI=1S/C11H19Cl3OSi/c12-16(13,14)11-9-7-5-3-1-2-4-6-8-10-15/h8H,1-7,9,11H2. The molecule has 5 heteroatoms. The van der Waals surface area contributed by atoms with E-state index in [9.17, 15) is 4.79 Å². The van der Waals surface area contributed by atoms with Gasteiger partial charge in [0, 0.05) is 0 Å². The predicted octanol–water partition coefficient (Wildman–Crippen LogP) is 5.15. The van der Waals surface area contributed by atoms with E-state index in [4.69, 9.17) is 33.2 Å². The summed E-state index contributed by atoms with van der Waals surface area (Å²) in [5, 5.41) is 0. The van der Waals surface area contributed by atoms with Gasteiger partial charge in [-0.25, -0.2) is 4.79 Å². The zero-order chi connectivity index (χ0) is 12.3. The molecule has 0 aromatic carbocycles. The number of hydrogen-bond donors (Lipinski definition) is 0. The first-order valence-corrected chi connectivity index (χ1v) is 11.1. The lowest BCUT2D eigenvalue weighted by Crippen LogP contribution is -2.07. The Hall–Kier alpha value is 0.537. The second-order valence-corrected chi connectivity index (χ2v) is 13.2. The molecule has 0 N–H and O–H groups in total. The van der Waals surface area contributed by atoms with E-state index in [1.807, 2.05) is 0 Å². The molecular weight excluding hydrogens is 283 g/mol. The van der Waals surface area contributed by atoms with Crippen LogP contribution < -0.4 is 0 Å². The van der Waals surface area contributed by atoms with Gasteiger partial charge in [-0.2, -0.15) is 0 Å². The van der Waals surface area contributed by atoms with Crippen molar-refractivity contribution in [3.63, 3.8) is 0 Å². The zero-order valence-electron chi connectivity index (χ0n) is 9.48. The van der Waals surface area contributed by atoms with Crippen LogP contribution in [0.5, 0.6) is 0 Å². The van der Waals surface area contributed by atoms with E-state index in [1.54, 1.807) is 12.0 Å². The summed E-state index contributed by atoms with van der Waals surface area (Å²) in [5.41, 5.74) is 0. The quantitative estimate of drug-likeness (QED) is 0.236. The van der Waals surface area contributed by atoms with E-state index in [-0.39, 0.29) is 0 Å². The molecule has 0 unspecified atom stereocenters. The predicted molar refractivity (Wildman–Crippen MR) is 75.3 cm³/mol. The molecule has 94 valence electrons. The van der Waals surface area contributed by atoms with Gasteiger partial charge in [0.1, 0.15) is 5.94 Å². The highest BCUT2D eigenvalue weighted by Gasteiger charge is 2.23. The molecule has 0 heterocycles. The van der Waals surface area contributed by atoms with Gasteiger partial charge in [-0.15, -0.1) is 33.2 Å². The monoisotopic (exact) mass is 300 g/mol. The molecule has 0 rings (SSSR count). The van der Waals surface area contributed by atoms with Crippen LogP contribution in [0.15, 0.2) is 6.08 Å². The van der Waals surface area contributed by atoms with Crippen molar-refractivity contribution in [2.24, 2.45) is 0 Å². The highest BCUT2D eigenvalue weighted by Crippen LogP contribution is 2.27. The fraction of sp³-hybridized carbons (Fsp3) is 0.818. The molecule has 0 radical (unpaired) electrons. The van der Waals surface area contributed by atoms with E-state index in [2.05, 4.69) is 0 Å². The van der Waals surface area contributed by atoms with Crippen molar-refractivity contribution < 1.29 is 4.79 Å². The van der Waals surface area contributed by atoms with Gasteiger partial charge in [0.05, 0.1) is 0 Å². The summed E-state index contributed by atoms with van der Waals surface area (Å²) in [6.07, 6.45) is 10.6. The van der Waals surface area contributed by atoms with Crippen LogP contribution >= 0.6 is 33.2 Å². The Balaban J connectivity index is 3.07. The Morgan fingerprint density at radius 1 is 0.875 bits per heavy atom. The smallest absolute Gasteiger partial charge is 0.234 e. The van der Waals surface area contributed by atoms with Crippen molar-refractivity contribution in [1.82, 2.24) is 0 Å². The summed E-state index contributed by atoms with van der Waals surface area (Å²) in [4.78, 5) is 9.88. The lowest BCUT2D eigenvalue weighted by molar-refractivity contribution is 0.566. The van der Waals surface area contributed by atoms with Gasteiger partial charge in [-0.1, -0.05) is 38.5 Å². The van der Waals surface area contributed by atoms with Crippen molar-refractivity contribution in [3.8, 4) is 0 Å². The number of halogens is 3. The van der Waals surface area contributed by atoms with E-state index >= 15 is 0 Å². The number of carbonyl (C=O) groups excluding carboxylic acids is 1. The van der Waals surface area contributed by atoms with Crippen molar-refractivity contribution in [2.45, 2.75) is 57.4 Å². The maximum absolute atomic E-state index is 9.88. The summed E-state index contributed by atoms with van der Waals surface area (Å²) in [6.45, 7) is 0. The van der Waals surface area contributed by atoms with Gasteiger partial charge in [0.25, 0.3) is 0 Å². The average Bonchev–Trinajstić information content (AvgIpc) is 2.19. The number of rotatable bonds is 10. The Morgan fingerprint density at radius 2 is 1.38 bits per heavy atom. The minimum atomic E-state index is -2.37. The van der Waals surface area contributed by atoms with Crippen molar-refractivity contribution in [3.05, 3.63) is 6.08 Å². The fourth-order valence-corrected chi connectivity index (χ4v) is 3.37. The van der Waals surface area contributed by atoms with Crippen molar-refractivity contribution in [2.75, 3.05) is 0 Å². The molecule has 0 saturated heterocycles. The summed E-state index contributed by atoms with van der Waals surface area (Å²) in [7, 11) is 0. The minimum absolute atomic E-state index is 0.780. The maximum Gasteiger partial charge on any atom is 0.341 e. The third-order valence-electron chi connectivity index (χ3n) is 2.39. The summed E-state index contributed by atoms with van der Waals surface area (Å²) < 4.78 is 0. The molecule has 0 aromatic heterocycles. The van der Waals surface area contributed by atoms with Crippen LogP contribution in [-0.4, -0.2) is 11.9 Å². The summed E-state index contributed by atoms with van der Waals surface area (Å²) >= 11 is 17.3. The first-order valence-electron chi connectivity index (χ1n) is 5.82. The topological polar surface area (TPSA) is 17.1 Å². The van der Waals surface area contributed by atoms with Crippen LogP contribution in [0.1, 0.15) is 51.4 Å². The largest absolute Gasteiger partial charge is 0.341 e. The minimum Gasteiger partial charge on any atom is -0.234 e. The lowest BCUT2D eigenvalue weighted by atomic mass is 10.1. The highest BCUT2D eigenvalue weighted by atomic mass is 35.8.